The van der Waals surface area contributed by atoms with Gasteiger partial charge in [0.1, 0.15) is 0 Å². The summed E-state index contributed by atoms with van der Waals surface area (Å²) in [6, 6.07) is 16.8. The number of rotatable bonds is 7. The Morgan fingerprint density at radius 2 is 1.47 bits per heavy atom. The van der Waals surface area contributed by atoms with Gasteiger partial charge in [-0.25, -0.2) is 0 Å². The van der Waals surface area contributed by atoms with Crippen LogP contribution >= 0.6 is 11.6 Å². The van der Waals surface area contributed by atoms with E-state index in [1.54, 1.807) is 0 Å². The molecule has 0 saturated carbocycles. The fourth-order valence-corrected chi connectivity index (χ4v) is 5.11. The molecule has 0 aromatic heterocycles. The number of carbonyl (C=O) groups excluding carboxylic acids is 1. The van der Waals surface area contributed by atoms with Crippen LogP contribution in [0.1, 0.15) is 49.3 Å². The topological polar surface area (TPSA) is 35.6 Å². The molecule has 1 atom stereocenters. The van der Waals surface area contributed by atoms with Gasteiger partial charge in [0.05, 0.1) is 0 Å². The molecule has 5 heteroatoms. The van der Waals surface area contributed by atoms with Gasteiger partial charge in [0, 0.05) is 37.1 Å². The van der Waals surface area contributed by atoms with E-state index in [-0.39, 0.29) is 11.8 Å². The van der Waals surface area contributed by atoms with Crippen molar-refractivity contribution in [2.75, 3.05) is 26.2 Å². The van der Waals surface area contributed by atoms with E-state index in [2.05, 4.69) is 58.4 Å². The molecule has 32 heavy (non-hydrogen) atoms. The zero-order valence-electron chi connectivity index (χ0n) is 19.2. The molecular weight excluding hydrogens is 418 g/mol. The Bertz CT molecular complexity index is 859. The van der Waals surface area contributed by atoms with E-state index in [4.69, 9.17) is 11.6 Å². The first kappa shape index (κ1) is 23.3. The number of nitrogens with one attached hydrogen (secondary N) is 1. The molecular formula is C27H36ClN3O. The number of halogens is 1. The van der Waals surface area contributed by atoms with Gasteiger partial charge in [0.15, 0.2) is 0 Å². The summed E-state index contributed by atoms with van der Waals surface area (Å²) in [7, 11) is 0. The number of piperidine rings is 2. The molecule has 0 radical (unpaired) electrons. The van der Waals surface area contributed by atoms with Gasteiger partial charge in [-0.05, 0) is 80.1 Å². The summed E-state index contributed by atoms with van der Waals surface area (Å²) in [4.78, 5) is 17.7. The smallest absolute Gasteiger partial charge is 0.223 e. The van der Waals surface area contributed by atoms with Crippen LogP contribution in [0.2, 0.25) is 5.02 Å². The molecule has 1 amide bonds. The quantitative estimate of drug-likeness (QED) is 0.633. The molecule has 2 aliphatic rings. The van der Waals surface area contributed by atoms with E-state index in [9.17, 15) is 4.79 Å². The number of benzene rings is 2. The lowest BCUT2D eigenvalue weighted by Crippen LogP contribution is -2.40. The minimum absolute atomic E-state index is 0.122. The fourth-order valence-electron chi connectivity index (χ4n) is 4.99. The van der Waals surface area contributed by atoms with E-state index in [1.165, 1.54) is 42.6 Å². The third-order valence-electron chi connectivity index (χ3n) is 6.91. The first-order valence-electron chi connectivity index (χ1n) is 12.1. The van der Waals surface area contributed by atoms with E-state index < -0.39 is 0 Å². The summed E-state index contributed by atoms with van der Waals surface area (Å²) < 4.78 is 0. The summed E-state index contributed by atoms with van der Waals surface area (Å²) in [5.41, 5.74) is 3.81. The molecule has 1 N–H and O–H groups in total. The van der Waals surface area contributed by atoms with Crippen molar-refractivity contribution in [1.29, 1.82) is 0 Å². The lowest BCUT2D eigenvalue weighted by molar-refractivity contribution is -0.126. The van der Waals surface area contributed by atoms with Crippen LogP contribution in [0.25, 0.3) is 0 Å². The van der Waals surface area contributed by atoms with Crippen LogP contribution in [-0.4, -0.2) is 41.9 Å². The van der Waals surface area contributed by atoms with Gasteiger partial charge in [-0.15, -0.1) is 0 Å². The van der Waals surface area contributed by atoms with Crippen LogP contribution in [-0.2, 0) is 24.4 Å². The van der Waals surface area contributed by atoms with Crippen molar-refractivity contribution in [3.8, 4) is 0 Å². The number of nitrogens with zero attached hydrogens (tertiary/aromatic N) is 2. The van der Waals surface area contributed by atoms with Crippen molar-refractivity contribution in [3.05, 3.63) is 70.2 Å². The van der Waals surface area contributed by atoms with Crippen molar-refractivity contribution in [1.82, 2.24) is 15.1 Å². The maximum absolute atomic E-state index is 12.7. The molecule has 2 aliphatic heterocycles. The molecule has 1 unspecified atom stereocenters. The molecule has 2 aromatic rings. The Morgan fingerprint density at radius 1 is 0.875 bits per heavy atom. The second kappa shape index (κ2) is 11.3. The second-order valence-corrected chi connectivity index (χ2v) is 10.1. The van der Waals surface area contributed by atoms with Gasteiger partial charge in [-0.3, -0.25) is 14.6 Å². The highest BCUT2D eigenvalue weighted by Gasteiger charge is 2.24. The van der Waals surface area contributed by atoms with Crippen LogP contribution in [0.5, 0.6) is 0 Å². The van der Waals surface area contributed by atoms with Gasteiger partial charge in [0.2, 0.25) is 5.91 Å². The van der Waals surface area contributed by atoms with Crippen LogP contribution in [0, 0.1) is 11.8 Å². The Morgan fingerprint density at radius 3 is 2.12 bits per heavy atom. The van der Waals surface area contributed by atoms with Gasteiger partial charge in [0.25, 0.3) is 0 Å². The van der Waals surface area contributed by atoms with Gasteiger partial charge in [-0.1, -0.05) is 54.9 Å². The highest BCUT2D eigenvalue weighted by atomic mass is 35.5. The Hall–Kier alpha value is -1.88. The molecule has 4 rings (SSSR count). The zero-order valence-corrected chi connectivity index (χ0v) is 20.0. The van der Waals surface area contributed by atoms with E-state index in [0.717, 1.165) is 50.0 Å². The Kier molecular flexibility index (Phi) is 8.23. The molecule has 4 nitrogen and oxygen atoms in total. The Labute approximate surface area is 197 Å². The van der Waals surface area contributed by atoms with Crippen LogP contribution in [0.3, 0.4) is 0 Å². The SMILES string of the molecule is CC1CCCN(Cc2ccc(CNC(=O)C3CCN(Cc4ccc(Cl)cc4)CC3)cc2)C1. The molecule has 0 spiro atoms. The van der Waals surface area contributed by atoms with Crippen LogP contribution in [0.15, 0.2) is 48.5 Å². The highest BCUT2D eigenvalue weighted by molar-refractivity contribution is 6.30. The van der Waals surface area contributed by atoms with E-state index in [1.807, 2.05) is 12.1 Å². The highest BCUT2D eigenvalue weighted by Crippen LogP contribution is 2.21. The number of hydrogen-bond acceptors (Lipinski definition) is 3. The summed E-state index contributed by atoms with van der Waals surface area (Å²) in [5.74, 6) is 1.13. The lowest BCUT2D eigenvalue weighted by atomic mass is 9.95. The monoisotopic (exact) mass is 453 g/mol. The van der Waals surface area contributed by atoms with E-state index >= 15 is 0 Å². The second-order valence-electron chi connectivity index (χ2n) is 9.69. The molecule has 172 valence electrons. The normalized spacial score (nSPS) is 20.9. The van der Waals surface area contributed by atoms with Crippen LogP contribution in [0.4, 0.5) is 0 Å². The minimum Gasteiger partial charge on any atom is -0.352 e. The zero-order chi connectivity index (χ0) is 22.3. The van der Waals surface area contributed by atoms with Crippen molar-refractivity contribution in [3.63, 3.8) is 0 Å². The number of hydrogen-bond donors (Lipinski definition) is 1. The summed E-state index contributed by atoms with van der Waals surface area (Å²) in [5, 5.41) is 3.94. The molecule has 2 fully saturated rings. The Balaban J connectivity index is 1.17. The molecule has 0 bridgehead atoms. The lowest BCUT2D eigenvalue weighted by Gasteiger charge is -2.31. The predicted octanol–water partition coefficient (Wildman–Crippen LogP) is 5.10. The third-order valence-corrected chi connectivity index (χ3v) is 7.17. The van der Waals surface area contributed by atoms with Gasteiger partial charge >= 0.3 is 0 Å². The number of carbonyl (C=O) groups is 1. The minimum atomic E-state index is 0.122. The maximum Gasteiger partial charge on any atom is 0.223 e. The molecule has 0 aliphatic carbocycles. The summed E-state index contributed by atoms with van der Waals surface area (Å²) in [6.45, 7) is 9.26. The van der Waals surface area contributed by atoms with Crippen molar-refractivity contribution < 1.29 is 4.79 Å². The van der Waals surface area contributed by atoms with Gasteiger partial charge < -0.3 is 5.32 Å². The van der Waals surface area contributed by atoms with E-state index in [0.29, 0.717) is 6.54 Å². The van der Waals surface area contributed by atoms with Crippen molar-refractivity contribution >= 4 is 17.5 Å². The summed E-state index contributed by atoms with van der Waals surface area (Å²) >= 11 is 5.97. The fraction of sp³-hybridized carbons (Fsp3) is 0.519. The average Bonchev–Trinajstić information content (AvgIpc) is 2.80. The van der Waals surface area contributed by atoms with Crippen LogP contribution < -0.4 is 5.32 Å². The average molecular weight is 454 g/mol. The molecule has 2 saturated heterocycles. The maximum atomic E-state index is 12.7. The standard InChI is InChI=1S/C27H36ClN3O/c1-21-3-2-14-31(18-21)20-23-6-4-22(5-7-23)17-29-27(32)25-12-15-30(16-13-25)19-24-8-10-26(28)11-9-24/h4-11,21,25H,2-3,12-20H2,1H3,(H,29,32). The molecule has 2 heterocycles. The largest absolute Gasteiger partial charge is 0.352 e. The number of amides is 1. The first-order chi connectivity index (χ1) is 15.5. The van der Waals surface area contributed by atoms with Gasteiger partial charge in [-0.2, -0.15) is 0 Å². The first-order valence-corrected chi connectivity index (χ1v) is 12.5. The third kappa shape index (κ3) is 6.81. The number of likely N-dealkylation sites (tertiary alicyclic amines) is 2. The molecule has 2 aromatic carbocycles. The van der Waals surface area contributed by atoms with Crippen molar-refractivity contribution in [2.24, 2.45) is 11.8 Å². The van der Waals surface area contributed by atoms with Crippen molar-refractivity contribution in [2.45, 2.75) is 52.2 Å². The summed E-state index contributed by atoms with van der Waals surface area (Å²) in [6.07, 6.45) is 4.51. The predicted molar refractivity (Wildman–Crippen MR) is 131 cm³/mol.